The van der Waals surface area contributed by atoms with Crippen molar-refractivity contribution >= 4 is 28.7 Å². The number of halogens is 1. The zero-order valence-electron chi connectivity index (χ0n) is 10.1. The summed E-state index contributed by atoms with van der Waals surface area (Å²) in [5, 5.41) is 11.3. The SMILES string of the molecule is CN1CCN(c2cc(N)c(Cl)cc2[N+](=O)[O-])CC1. The molecule has 0 amide bonds. The molecule has 2 N–H and O–H groups in total. The number of rotatable bonds is 2. The summed E-state index contributed by atoms with van der Waals surface area (Å²) < 4.78 is 0. The van der Waals surface area contributed by atoms with Gasteiger partial charge in [0, 0.05) is 32.2 Å². The van der Waals surface area contributed by atoms with E-state index >= 15 is 0 Å². The number of hydrogen-bond donors (Lipinski definition) is 1. The van der Waals surface area contributed by atoms with Crippen molar-refractivity contribution < 1.29 is 4.92 Å². The summed E-state index contributed by atoms with van der Waals surface area (Å²) in [6.07, 6.45) is 0. The molecule has 0 atom stereocenters. The second-order valence-corrected chi connectivity index (χ2v) is 4.82. The van der Waals surface area contributed by atoms with Gasteiger partial charge in [0.15, 0.2) is 0 Å². The van der Waals surface area contributed by atoms with Crippen molar-refractivity contribution in [3.8, 4) is 0 Å². The maximum absolute atomic E-state index is 11.1. The first kappa shape index (κ1) is 12.9. The van der Waals surface area contributed by atoms with Gasteiger partial charge in [-0.25, -0.2) is 0 Å². The van der Waals surface area contributed by atoms with Gasteiger partial charge in [0.05, 0.1) is 15.6 Å². The van der Waals surface area contributed by atoms with Crippen LogP contribution >= 0.6 is 11.6 Å². The summed E-state index contributed by atoms with van der Waals surface area (Å²) in [7, 11) is 2.03. The van der Waals surface area contributed by atoms with Gasteiger partial charge < -0.3 is 15.5 Å². The maximum atomic E-state index is 11.1. The molecule has 98 valence electrons. The van der Waals surface area contributed by atoms with Gasteiger partial charge in [-0.05, 0) is 13.1 Å². The van der Waals surface area contributed by atoms with Gasteiger partial charge in [0.1, 0.15) is 5.69 Å². The number of likely N-dealkylation sites (N-methyl/N-ethyl adjacent to an activating group) is 1. The quantitative estimate of drug-likeness (QED) is 0.502. The van der Waals surface area contributed by atoms with Gasteiger partial charge in [0.2, 0.25) is 0 Å². The summed E-state index contributed by atoms with van der Waals surface area (Å²) >= 11 is 5.84. The number of nitro groups is 1. The number of nitrogens with zero attached hydrogens (tertiary/aromatic N) is 3. The lowest BCUT2D eigenvalue weighted by Crippen LogP contribution is -2.44. The van der Waals surface area contributed by atoms with Crippen molar-refractivity contribution in [2.75, 3.05) is 43.9 Å². The molecular weight excluding hydrogens is 256 g/mol. The largest absolute Gasteiger partial charge is 0.397 e. The lowest BCUT2D eigenvalue weighted by atomic mass is 10.2. The van der Waals surface area contributed by atoms with Crippen molar-refractivity contribution in [3.05, 3.63) is 27.3 Å². The molecule has 0 spiro atoms. The highest BCUT2D eigenvalue weighted by Gasteiger charge is 2.24. The normalized spacial score (nSPS) is 16.9. The highest BCUT2D eigenvalue weighted by atomic mass is 35.5. The van der Waals surface area contributed by atoms with Crippen molar-refractivity contribution in [2.45, 2.75) is 0 Å². The van der Waals surface area contributed by atoms with E-state index in [9.17, 15) is 10.1 Å². The van der Waals surface area contributed by atoms with Crippen LogP contribution in [0.4, 0.5) is 17.1 Å². The minimum Gasteiger partial charge on any atom is -0.397 e. The second-order valence-electron chi connectivity index (χ2n) is 4.41. The standard InChI is InChI=1S/C11H15ClN4O2/c1-14-2-4-15(5-3-14)10-7-9(13)8(12)6-11(10)16(17)18/h6-7H,2-5,13H2,1H3. The first-order chi connectivity index (χ1) is 8.49. The molecule has 1 heterocycles. The average Bonchev–Trinajstić information content (AvgIpc) is 2.33. The molecule has 1 aliphatic heterocycles. The van der Waals surface area contributed by atoms with E-state index in [2.05, 4.69) is 4.90 Å². The molecule has 0 unspecified atom stereocenters. The van der Waals surface area contributed by atoms with E-state index < -0.39 is 4.92 Å². The van der Waals surface area contributed by atoms with E-state index in [0.29, 0.717) is 11.4 Å². The van der Waals surface area contributed by atoms with Crippen LogP contribution in [0, 0.1) is 10.1 Å². The monoisotopic (exact) mass is 270 g/mol. The molecule has 0 bridgehead atoms. The number of nitrogen functional groups attached to an aromatic ring is 1. The lowest BCUT2D eigenvalue weighted by Gasteiger charge is -2.33. The van der Waals surface area contributed by atoms with E-state index in [-0.39, 0.29) is 10.7 Å². The number of benzene rings is 1. The Balaban J connectivity index is 2.36. The third-order valence-electron chi connectivity index (χ3n) is 3.13. The van der Waals surface area contributed by atoms with Crippen LogP contribution in [0.15, 0.2) is 12.1 Å². The van der Waals surface area contributed by atoms with Crippen LogP contribution in [0.5, 0.6) is 0 Å². The Morgan fingerprint density at radius 1 is 1.33 bits per heavy atom. The number of anilines is 2. The number of nitrogens with two attached hydrogens (primary N) is 1. The molecule has 7 heteroatoms. The summed E-state index contributed by atoms with van der Waals surface area (Å²) in [5.74, 6) is 0. The first-order valence-corrected chi connectivity index (χ1v) is 6.03. The predicted octanol–water partition coefficient (Wildman–Crippen LogP) is 1.58. The molecule has 1 saturated heterocycles. The van der Waals surface area contributed by atoms with Crippen LogP contribution in [0.1, 0.15) is 0 Å². The van der Waals surface area contributed by atoms with Crippen LogP contribution in [-0.4, -0.2) is 43.0 Å². The Labute approximate surface area is 110 Å². The van der Waals surface area contributed by atoms with Crippen molar-refractivity contribution in [3.63, 3.8) is 0 Å². The number of nitro benzene ring substituents is 1. The Morgan fingerprint density at radius 3 is 2.50 bits per heavy atom. The van der Waals surface area contributed by atoms with Gasteiger partial charge >= 0.3 is 0 Å². The molecule has 1 aromatic carbocycles. The zero-order chi connectivity index (χ0) is 13.3. The maximum Gasteiger partial charge on any atom is 0.294 e. The molecule has 2 rings (SSSR count). The van der Waals surface area contributed by atoms with E-state index in [0.717, 1.165) is 26.2 Å². The topological polar surface area (TPSA) is 75.6 Å². The fourth-order valence-corrected chi connectivity index (χ4v) is 2.17. The fourth-order valence-electron chi connectivity index (χ4n) is 2.01. The molecule has 1 aliphatic rings. The van der Waals surface area contributed by atoms with Crippen LogP contribution < -0.4 is 10.6 Å². The number of piperazine rings is 1. The van der Waals surface area contributed by atoms with Crippen LogP contribution in [-0.2, 0) is 0 Å². The van der Waals surface area contributed by atoms with Crippen molar-refractivity contribution in [2.24, 2.45) is 0 Å². The molecule has 0 saturated carbocycles. The Kier molecular flexibility index (Phi) is 3.58. The van der Waals surface area contributed by atoms with E-state index in [4.69, 9.17) is 17.3 Å². The summed E-state index contributed by atoms with van der Waals surface area (Å²) in [4.78, 5) is 14.8. The highest BCUT2D eigenvalue weighted by molar-refractivity contribution is 6.33. The van der Waals surface area contributed by atoms with E-state index in [1.807, 2.05) is 11.9 Å². The van der Waals surface area contributed by atoms with Crippen LogP contribution in [0.3, 0.4) is 0 Å². The highest BCUT2D eigenvalue weighted by Crippen LogP contribution is 2.35. The van der Waals surface area contributed by atoms with Crippen LogP contribution in [0.2, 0.25) is 5.02 Å². The third kappa shape index (κ3) is 2.49. The summed E-state index contributed by atoms with van der Waals surface area (Å²) in [6, 6.07) is 2.91. The molecule has 1 aromatic rings. The van der Waals surface area contributed by atoms with E-state index in [1.54, 1.807) is 6.07 Å². The lowest BCUT2D eigenvalue weighted by molar-refractivity contribution is -0.384. The van der Waals surface area contributed by atoms with Gasteiger partial charge in [-0.15, -0.1) is 0 Å². The summed E-state index contributed by atoms with van der Waals surface area (Å²) in [6.45, 7) is 3.25. The van der Waals surface area contributed by atoms with Gasteiger partial charge in [-0.1, -0.05) is 11.6 Å². The van der Waals surface area contributed by atoms with E-state index in [1.165, 1.54) is 6.07 Å². The van der Waals surface area contributed by atoms with Gasteiger partial charge in [-0.3, -0.25) is 10.1 Å². The molecule has 18 heavy (non-hydrogen) atoms. The predicted molar refractivity (Wildman–Crippen MR) is 72.2 cm³/mol. The van der Waals surface area contributed by atoms with Gasteiger partial charge in [0.25, 0.3) is 5.69 Å². The molecular formula is C11H15ClN4O2. The Morgan fingerprint density at radius 2 is 1.94 bits per heavy atom. The molecule has 0 radical (unpaired) electrons. The molecule has 6 nitrogen and oxygen atoms in total. The van der Waals surface area contributed by atoms with Crippen molar-refractivity contribution in [1.29, 1.82) is 0 Å². The number of hydrogen-bond acceptors (Lipinski definition) is 5. The minimum atomic E-state index is -0.418. The molecule has 0 aromatic heterocycles. The third-order valence-corrected chi connectivity index (χ3v) is 3.46. The minimum absolute atomic E-state index is 0.0127. The Hall–Kier alpha value is -1.53. The smallest absolute Gasteiger partial charge is 0.294 e. The first-order valence-electron chi connectivity index (χ1n) is 5.66. The fraction of sp³-hybridized carbons (Fsp3) is 0.455. The van der Waals surface area contributed by atoms with Gasteiger partial charge in [-0.2, -0.15) is 0 Å². The zero-order valence-corrected chi connectivity index (χ0v) is 10.9. The summed E-state index contributed by atoms with van der Waals surface area (Å²) in [5.41, 5.74) is 6.67. The molecule has 0 aliphatic carbocycles. The molecule has 1 fully saturated rings. The second kappa shape index (κ2) is 4.99. The van der Waals surface area contributed by atoms with Crippen LogP contribution in [0.25, 0.3) is 0 Å². The Bertz CT molecular complexity index is 472. The average molecular weight is 271 g/mol. The van der Waals surface area contributed by atoms with Crippen molar-refractivity contribution in [1.82, 2.24) is 4.90 Å².